The summed E-state index contributed by atoms with van der Waals surface area (Å²) in [5, 5.41) is 0.659. The maximum atomic E-state index is 12.6. The third-order valence-electron chi connectivity index (χ3n) is 7.06. The molecule has 0 aliphatic carbocycles. The van der Waals surface area contributed by atoms with Crippen LogP contribution < -0.4 is 9.47 Å². The molecule has 0 unspecified atom stereocenters. The Morgan fingerprint density at radius 1 is 0.610 bits per heavy atom. The molecule has 6 nitrogen and oxygen atoms in total. The van der Waals surface area contributed by atoms with Crippen LogP contribution in [0.3, 0.4) is 0 Å². The molecule has 0 atom stereocenters. The molecule has 2 aromatic carbocycles. The van der Waals surface area contributed by atoms with Gasteiger partial charge in [-0.05, 0) is 42.7 Å². The van der Waals surface area contributed by atoms with E-state index in [-0.39, 0.29) is 11.1 Å². The van der Waals surface area contributed by atoms with Crippen molar-refractivity contribution < 1.29 is 28.5 Å². The van der Waals surface area contributed by atoms with Crippen LogP contribution in [-0.4, -0.2) is 40.4 Å². The lowest BCUT2D eigenvalue weighted by molar-refractivity contribution is 0.0588. The van der Waals surface area contributed by atoms with E-state index >= 15 is 0 Å². The second kappa shape index (κ2) is 18.7. The van der Waals surface area contributed by atoms with Gasteiger partial charge in [-0.15, -0.1) is 0 Å². The van der Waals surface area contributed by atoms with E-state index in [9.17, 15) is 9.59 Å². The predicted octanol–water partition coefficient (Wildman–Crippen LogP) is 9.72. The molecule has 0 aromatic heterocycles. The van der Waals surface area contributed by atoms with Gasteiger partial charge in [-0.25, -0.2) is 9.59 Å². The van der Waals surface area contributed by atoms with Gasteiger partial charge in [0.05, 0.1) is 28.4 Å². The molecular weight excluding hydrogens is 563 g/mol. The maximum absolute atomic E-state index is 12.6. The second-order valence-corrected chi connectivity index (χ2v) is 10.9. The first kappa shape index (κ1) is 34.5. The first-order chi connectivity index (χ1) is 19.8. The molecule has 0 saturated carbocycles. The number of esters is 2. The van der Waals surface area contributed by atoms with E-state index in [1.54, 1.807) is 12.1 Å². The smallest absolute Gasteiger partial charge is 0.341 e. The highest BCUT2D eigenvalue weighted by Crippen LogP contribution is 2.42. The lowest BCUT2D eigenvalue weighted by atomic mass is 9.91. The minimum Gasteiger partial charge on any atom is -0.495 e. The molecule has 8 heteroatoms. The number of unbranched alkanes of at least 4 members (excludes halogenated alkanes) is 11. The molecule has 0 fully saturated rings. The van der Waals surface area contributed by atoms with Crippen molar-refractivity contribution >= 4 is 40.7 Å². The topological polar surface area (TPSA) is 71.1 Å². The number of methoxy groups -OCH3 is 4. The molecule has 226 valence electrons. The van der Waals surface area contributed by atoms with Gasteiger partial charge in [-0.2, -0.15) is 0 Å². The van der Waals surface area contributed by atoms with Crippen LogP contribution in [0.25, 0.3) is 5.57 Å². The lowest BCUT2D eigenvalue weighted by Gasteiger charge is -2.20. The van der Waals surface area contributed by atoms with E-state index in [2.05, 4.69) is 13.0 Å². The Hall–Kier alpha value is -2.70. The van der Waals surface area contributed by atoms with Crippen LogP contribution in [-0.2, 0) is 9.47 Å². The van der Waals surface area contributed by atoms with Crippen molar-refractivity contribution in [1.82, 2.24) is 0 Å². The summed E-state index contributed by atoms with van der Waals surface area (Å²) >= 11 is 13.0. The van der Waals surface area contributed by atoms with Gasteiger partial charge in [0.1, 0.15) is 22.6 Å². The number of halogens is 2. The average molecular weight is 608 g/mol. The molecule has 0 aliphatic heterocycles. The Kier molecular flexibility index (Phi) is 15.7. The van der Waals surface area contributed by atoms with Crippen LogP contribution in [0, 0.1) is 0 Å². The Morgan fingerprint density at radius 3 is 1.34 bits per heavy atom. The zero-order chi connectivity index (χ0) is 30.2. The van der Waals surface area contributed by atoms with Crippen molar-refractivity contribution in [2.75, 3.05) is 28.4 Å². The quantitative estimate of drug-likeness (QED) is 0.124. The van der Waals surface area contributed by atoms with E-state index in [1.807, 2.05) is 0 Å². The Bertz CT molecular complexity index is 1100. The highest BCUT2D eigenvalue weighted by molar-refractivity contribution is 6.32. The normalized spacial score (nSPS) is 10.7. The number of ether oxygens (including phenoxy) is 4. The van der Waals surface area contributed by atoms with E-state index in [4.69, 9.17) is 42.1 Å². The molecule has 0 radical (unpaired) electrons. The highest BCUT2D eigenvalue weighted by Gasteiger charge is 2.25. The van der Waals surface area contributed by atoms with Gasteiger partial charge in [0.25, 0.3) is 0 Å². The molecule has 0 aliphatic rings. The summed E-state index contributed by atoms with van der Waals surface area (Å²) in [5.74, 6) is -0.562. The summed E-state index contributed by atoms with van der Waals surface area (Å²) < 4.78 is 21.4. The molecule has 0 N–H and O–H groups in total. The Labute approximate surface area is 255 Å². The fourth-order valence-electron chi connectivity index (χ4n) is 4.97. The molecule has 0 amide bonds. The van der Waals surface area contributed by atoms with Gasteiger partial charge in [-0.3, -0.25) is 0 Å². The van der Waals surface area contributed by atoms with Crippen LogP contribution in [0.5, 0.6) is 11.5 Å². The van der Waals surface area contributed by atoms with Crippen molar-refractivity contribution in [3.63, 3.8) is 0 Å². The van der Waals surface area contributed by atoms with Crippen LogP contribution in [0.1, 0.15) is 116 Å². The zero-order valence-electron chi connectivity index (χ0n) is 25.1. The maximum Gasteiger partial charge on any atom is 0.341 e. The third kappa shape index (κ3) is 10.3. The molecule has 2 aromatic rings. The third-order valence-corrected chi connectivity index (χ3v) is 7.50. The van der Waals surface area contributed by atoms with Gasteiger partial charge < -0.3 is 18.9 Å². The zero-order valence-corrected chi connectivity index (χ0v) is 26.6. The summed E-state index contributed by atoms with van der Waals surface area (Å²) in [6.45, 7) is 2.24. The number of benzene rings is 2. The number of hydrogen-bond donors (Lipinski definition) is 0. The van der Waals surface area contributed by atoms with Crippen molar-refractivity contribution in [2.45, 2.75) is 84.0 Å². The van der Waals surface area contributed by atoms with Crippen LogP contribution in [0.4, 0.5) is 0 Å². The molecule has 0 saturated heterocycles. The van der Waals surface area contributed by atoms with E-state index in [0.29, 0.717) is 38.2 Å². The fourth-order valence-corrected chi connectivity index (χ4v) is 5.41. The van der Waals surface area contributed by atoms with E-state index < -0.39 is 11.9 Å². The van der Waals surface area contributed by atoms with Crippen molar-refractivity contribution in [3.8, 4) is 11.5 Å². The second-order valence-electron chi connectivity index (χ2n) is 9.99. The van der Waals surface area contributed by atoms with Gasteiger partial charge in [0.15, 0.2) is 0 Å². The minimum atomic E-state index is -0.580. The predicted molar refractivity (Wildman–Crippen MR) is 167 cm³/mol. The first-order valence-electron chi connectivity index (χ1n) is 14.4. The number of allylic oxidation sites excluding steroid dienone is 1. The van der Waals surface area contributed by atoms with E-state index in [1.165, 1.54) is 98.4 Å². The number of carbonyl (C=O) groups is 2. The van der Waals surface area contributed by atoms with Crippen LogP contribution in [0.15, 0.2) is 30.3 Å². The minimum absolute atomic E-state index is 0.187. The molecular formula is C33H44Cl2O6. The summed E-state index contributed by atoms with van der Waals surface area (Å²) in [4.78, 5) is 25.2. The van der Waals surface area contributed by atoms with Gasteiger partial charge in [0.2, 0.25) is 0 Å². The number of rotatable bonds is 18. The summed E-state index contributed by atoms with van der Waals surface area (Å²) in [6.07, 6.45) is 16.5. The highest BCUT2D eigenvalue weighted by atomic mass is 35.5. The van der Waals surface area contributed by atoms with Crippen LogP contribution >= 0.6 is 23.2 Å². The van der Waals surface area contributed by atoms with Gasteiger partial charge >= 0.3 is 11.9 Å². The summed E-state index contributed by atoms with van der Waals surface area (Å²) in [6, 6.07) is 6.45. The number of carbonyl (C=O) groups excluding carboxylic acids is 2. The molecule has 0 spiro atoms. The average Bonchev–Trinajstić information content (AvgIpc) is 2.97. The molecule has 0 bridgehead atoms. The van der Waals surface area contributed by atoms with Gasteiger partial charge in [-0.1, -0.05) is 100 Å². The first-order valence-corrected chi connectivity index (χ1v) is 15.2. The largest absolute Gasteiger partial charge is 0.495 e. The molecule has 41 heavy (non-hydrogen) atoms. The van der Waals surface area contributed by atoms with E-state index in [0.717, 1.165) is 19.3 Å². The summed E-state index contributed by atoms with van der Waals surface area (Å²) in [5.41, 5.74) is 2.16. The standard InChI is InChI=1S/C33H44Cl2O6/c1-6-7-8-9-10-11-12-13-14-15-16-17-18-25(26-19-23(34)21-28(30(26)38-2)32(36)40-4)27-20-24(35)22-29(31(27)39-3)33(37)41-5/h18-22H,6-17H2,1-5H3. The molecule has 0 heterocycles. The van der Waals surface area contributed by atoms with Gasteiger partial charge in [0, 0.05) is 21.2 Å². The van der Waals surface area contributed by atoms with Crippen LogP contribution in [0.2, 0.25) is 10.0 Å². The van der Waals surface area contributed by atoms with Crippen molar-refractivity contribution in [3.05, 3.63) is 62.6 Å². The summed E-state index contributed by atoms with van der Waals surface area (Å²) in [7, 11) is 5.56. The Balaban J connectivity index is 2.38. The monoisotopic (exact) mass is 606 g/mol. The molecule has 2 rings (SSSR count). The SMILES string of the molecule is CCCCCCCCCCCCCC=C(c1cc(Cl)cc(C(=O)OC)c1OC)c1cc(Cl)cc(C(=O)OC)c1OC. The Morgan fingerprint density at radius 2 is 0.976 bits per heavy atom. The lowest BCUT2D eigenvalue weighted by Crippen LogP contribution is -2.09. The fraction of sp³-hybridized carbons (Fsp3) is 0.515. The van der Waals surface area contributed by atoms with Crippen molar-refractivity contribution in [1.29, 1.82) is 0 Å². The van der Waals surface area contributed by atoms with Crippen molar-refractivity contribution in [2.24, 2.45) is 0 Å². The number of hydrogen-bond acceptors (Lipinski definition) is 6.